The maximum Gasteiger partial charge on any atom is 0.0599 e. The van der Waals surface area contributed by atoms with E-state index >= 15 is 0 Å². The van der Waals surface area contributed by atoms with Crippen molar-refractivity contribution in [3.05, 3.63) is 0 Å². The summed E-state index contributed by atoms with van der Waals surface area (Å²) in [5.74, 6) is 4.03. The highest BCUT2D eigenvalue weighted by Crippen LogP contribution is 2.07. The molecule has 1 N–H and O–H groups in total. The van der Waals surface area contributed by atoms with E-state index in [0.717, 1.165) is 19.6 Å². The van der Waals surface area contributed by atoms with Gasteiger partial charge in [-0.05, 0) is 25.4 Å². The van der Waals surface area contributed by atoms with Crippen LogP contribution in [0, 0.1) is 24.2 Å². The van der Waals surface area contributed by atoms with Crippen molar-refractivity contribution in [3.63, 3.8) is 0 Å². The smallest absolute Gasteiger partial charge is 0.0599 e. The van der Waals surface area contributed by atoms with Crippen molar-refractivity contribution in [1.29, 1.82) is 0 Å². The zero-order valence-corrected chi connectivity index (χ0v) is 10.9. The molecule has 1 unspecified atom stereocenters. The van der Waals surface area contributed by atoms with Gasteiger partial charge in [-0.1, -0.05) is 33.6 Å². The number of hydrogen-bond acceptors (Lipinski definition) is 2. The van der Waals surface area contributed by atoms with Crippen LogP contribution in [0.1, 0.15) is 27.7 Å². The zero-order chi connectivity index (χ0) is 11.8. The molecule has 0 saturated carbocycles. The average Bonchev–Trinajstić information content (AvgIpc) is 2.11. The first-order chi connectivity index (χ1) is 6.99. The van der Waals surface area contributed by atoms with Gasteiger partial charge in [-0.25, -0.2) is 0 Å². The molecule has 0 radical (unpaired) electrons. The third-order valence-electron chi connectivity index (χ3n) is 2.58. The molecular formula is C13H26N2. The Morgan fingerprint density at radius 1 is 1.20 bits per heavy atom. The maximum atomic E-state index is 5.33. The van der Waals surface area contributed by atoms with Crippen molar-refractivity contribution in [2.24, 2.45) is 11.8 Å². The van der Waals surface area contributed by atoms with Gasteiger partial charge in [-0.2, -0.15) is 0 Å². The molecule has 2 nitrogen and oxygen atoms in total. The molecule has 0 aromatic rings. The summed E-state index contributed by atoms with van der Waals surface area (Å²) in [6.07, 6.45) is 5.33. The predicted molar refractivity (Wildman–Crippen MR) is 67.8 cm³/mol. The largest absolute Gasteiger partial charge is 0.315 e. The fourth-order valence-corrected chi connectivity index (χ4v) is 1.68. The summed E-state index contributed by atoms with van der Waals surface area (Å²) >= 11 is 0. The van der Waals surface area contributed by atoms with E-state index in [2.05, 4.69) is 50.9 Å². The third-order valence-corrected chi connectivity index (χ3v) is 2.58. The minimum atomic E-state index is 0.528. The number of nitrogens with one attached hydrogen (secondary N) is 1. The molecule has 0 aromatic carbocycles. The SMILES string of the molecule is C#CCN(C)C(CNCC(C)C)C(C)C. The summed E-state index contributed by atoms with van der Waals surface area (Å²) in [5.41, 5.74) is 0. The normalized spacial score (nSPS) is 13.5. The second-order valence-corrected chi connectivity index (χ2v) is 4.98. The summed E-state index contributed by atoms with van der Waals surface area (Å²) < 4.78 is 0. The van der Waals surface area contributed by atoms with Gasteiger partial charge in [0.25, 0.3) is 0 Å². The molecule has 88 valence electrons. The highest BCUT2D eigenvalue weighted by molar-refractivity contribution is 4.90. The lowest BCUT2D eigenvalue weighted by Crippen LogP contribution is -2.44. The third kappa shape index (κ3) is 6.54. The lowest BCUT2D eigenvalue weighted by molar-refractivity contribution is 0.206. The molecule has 0 amide bonds. The van der Waals surface area contributed by atoms with E-state index in [4.69, 9.17) is 6.42 Å². The van der Waals surface area contributed by atoms with Crippen molar-refractivity contribution in [3.8, 4) is 12.3 Å². The van der Waals surface area contributed by atoms with Gasteiger partial charge in [0.1, 0.15) is 0 Å². The van der Waals surface area contributed by atoms with Crippen LogP contribution in [0.2, 0.25) is 0 Å². The van der Waals surface area contributed by atoms with Crippen LogP contribution >= 0.6 is 0 Å². The minimum Gasteiger partial charge on any atom is -0.315 e. The van der Waals surface area contributed by atoms with E-state index in [0.29, 0.717) is 17.9 Å². The summed E-state index contributed by atoms with van der Waals surface area (Å²) in [5, 5.41) is 3.50. The van der Waals surface area contributed by atoms with E-state index in [1.54, 1.807) is 0 Å². The minimum absolute atomic E-state index is 0.528. The van der Waals surface area contributed by atoms with Crippen LogP contribution in [0.5, 0.6) is 0 Å². The van der Waals surface area contributed by atoms with Crippen LogP contribution in [0.25, 0.3) is 0 Å². The van der Waals surface area contributed by atoms with Crippen LogP contribution in [-0.2, 0) is 0 Å². The number of terminal acetylenes is 1. The number of hydrogen-bond donors (Lipinski definition) is 1. The molecule has 0 aromatic heterocycles. The van der Waals surface area contributed by atoms with Crippen LogP contribution in [0.3, 0.4) is 0 Å². The monoisotopic (exact) mass is 210 g/mol. The summed E-state index contributed by atoms with van der Waals surface area (Å²) in [6.45, 7) is 11.8. The second-order valence-electron chi connectivity index (χ2n) is 4.98. The Kier molecular flexibility index (Phi) is 7.46. The van der Waals surface area contributed by atoms with Crippen LogP contribution < -0.4 is 5.32 Å². The van der Waals surface area contributed by atoms with Crippen molar-refractivity contribution in [2.45, 2.75) is 33.7 Å². The van der Waals surface area contributed by atoms with Crippen LogP contribution in [0.15, 0.2) is 0 Å². The molecule has 0 saturated heterocycles. The molecule has 0 aliphatic carbocycles. The maximum absolute atomic E-state index is 5.33. The van der Waals surface area contributed by atoms with Crippen molar-refractivity contribution in [2.75, 3.05) is 26.7 Å². The second kappa shape index (κ2) is 7.73. The average molecular weight is 210 g/mol. The van der Waals surface area contributed by atoms with Gasteiger partial charge < -0.3 is 5.32 Å². The highest BCUT2D eigenvalue weighted by Gasteiger charge is 2.17. The summed E-state index contributed by atoms with van der Waals surface area (Å²) in [6, 6.07) is 0.528. The molecule has 0 bridgehead atoms. The Bertz CT molecular complexity index is 191. The van der Waals surface area contributed by atoms with Gasteiger partial charge in [0.05, 0.1) is 6.54 Å². The molecule has 2 heteroatoms. The van der Waals surface area contributed by atoms with Crippen molar-refractivity contribution in [1.82, 2.24) is 10.2 Å². The summed E-state index contributed by atoms with van der Waals surface area (Å²) in [7, 11) is 2.10. The van der Waals surface area contributed by atoms with E-state index in [9.17, 15) is 0 Å². The molecule has 0 fully saturated rings. The lowest BCUT2D eigenvalue weighted by atomic mass is 10.0. The number of rotatable bonds is 7. The van der Waals surface area contributed by atoms with Gasteiger partial charge >= 0.3 is 0 Å². The van der Waals surface area contributed by atoms with Gasteiger partial charge in [0, 0.05) is 12.6 Å². The van der Waals surface area contributed by atoms with Crippen LogP contribution in [-0.4, -0.2) is 37.6 Å². The zero-order valence-electron chi connectivity index (χ0n) is 10.9. The topological polar surface area (TPSA) is 15.3 Å². The number of nitrogens with zero attached hydrogens (tertiary/aromatic N) is 1. The Morgan fingerprint density at radius 2 is 1.80 bits per heavy atom. The molecule has 0 heterocycles. The van der Waals surface area contributed by atoms with Crippen molar-refractivity contribution >= 4 is 0 Å². The molecular weight excluding hydrogens is 184 g/mol. The molecule has 0 spiro atoms. The number of likely N-dealkylation sites (N-methyl/N-ethyl adjacent to an activating group) is 1. The Balaban J connectivity index is 4.00. The molecule has 0 aliphatic heterocycles. The first-order valence-electron chi connectivity index (χ1n) is 5.83. The molecule has 15 heavy (non-hydrogen) atoms. The van der Waals surface area contributed by atoms with Gasteiger partial charge in [-0.15, -0.1) is 6.42 Å². The standard InChI is InChI=1S/C13H26N2/c1-7-8-15(6)13(12(4)5)10-14-9-11(2)3/h1,11-14H,8-10H2,2-6H3. The highest BCUT2D eigenvalue weighted by atomic mass is 15.1. The van der Waals surface area contributed by atoms with Gasteiger partial charge in [0.2, 0.25) is 0 Å². The lowest BCUT2D eigenvalue weighted by Gasteiger charge is -2.30. The predicted octanol–water partition coefficient (Wildman–Crippen LogP) is 1.82. The first kappa shape index (κ1) is 14.5. The van der Waals surface area contributed by atoms with E-state index in [-0.39, 0.29) is 0 Å². The Morgan fingerprint density at radius 3 is 2.20 bits per heavy atom. The van der Waals surface area contributed by atoms with E-state index in [1.807, 2.05) is 0 Å². The van der Waals surface area contributed by atoms with Crippen LogP contribution in [0.4, 0.5) is 0 Å². The van der Waals surface area contributed by atoms with Gasteiger partial charge in [0.15, 0.2) is 0 Å². The van der Waals surface area contributed by atoms with Crippen molar-refractivity contribution < 1.29 is 0 Å². The molecule has 0 rings (SSSR count). The fourth-order valence-electron chi connectivity index (χ4n) is 1.68. The summed E-state index contributed by atoms with van der Waals surface area (Å²) in [4.78, 5) is 2.25. The Labute approximate surface area is 95.4 Å². The van der Waals surface area contributed by atoms with E-state index < -0.39 is 0 Å². The quantitative estimate of drug-likeness (QED) is 0.645. The Hall–Kier alpha value is -0.520. The fraction of sp³-hybridized carbons (Fsp3) is 0.846. The molecule has 1 atom stereocenters. The van der Waals surface area contributed by atoms with E-state index in [1.165, 1.54) is 0 Å². The molecule has 0 aliphatic rings. The van der Waals surface area contributed by atoms with Gasteiger partial charge in [-0.3, -0.25) is 4.90 Å². The first-order valence-corrected chi connectivity index (χ1v) is 5.83.